The molecular formula is C13H18INO2S. The van der Waals surface area contributed by atoms with Crippen molar-refractivity contribution in [1.82, 2.24) is 4.31 Å². The summed E-state index contributed by atoms with van der Waals surface area (Å²) in [5, 5.41) is 0. The summed E-state index contributed by atoms with van der Waals surface area (Å²) < 4.78 is 27.9. The zero-order chi connectivity index (χ0) is 13.2. The number of sulfonamides is 1. The number of piperidine rings is 1. The summed E-state index contributed by atoms with van der Waals surface area (Å²) in [6.07, 6.45) is 3.99. The van der Waals surface area contributed by atoms with E-state index in [1.807, 2.05) is 12.1 Å². The predicted molar refractivity (Wildman–Crippen MR) is 81.0 cm³/mol. The SMILES string of the molecule is CC[C@@H]1CCCCN1S(=O)(=O)c1ccc(I)cc1. The van der Waals surface area contributed by atoms with Gasteiger partial charge in [-0.05, 0) is 66.1 Å². The first-order valence-corrected chi connectivity index (χ1v) is 8.85. The Labute approximate surface area is 123 Å². The maximum Gasteiger partial charge on any atom is 0.243 e. The van der Waals surface area contributed by atoms with E-state index in [0.717, 1.165) is 29.3 Å². The molecule has 18 heavy (non-hydrogen) atoms. The fourth-order valence-electron chi connectivity index (χ4n) is 2.44. The first-order valence-electron chi connectivity index (χ1n) is 6.33. The van der Waals surface area contributed by atoms with Crippen LogP contribution < -0.4 is 0 Å². The second-order valence-electron chi connectivity index (χ2n) is 4.63. The predicted octanol–water partition coefficient (Wildman–Crippen LogP) is 3.24. The largest absolute Gasteiger partial charge is 0.243 e. The third-order valence-corrected chi connectivity index (χ3v) is 6.15. The van der Waals surface area contributed by atoms with Gasteiger partial charge >= 0.3 is 0 Å². The molecular weight excluding hydrogens is 361 g/mol. The van der Waals surface area contributed by atoms with Crippen molar-refractivity contribution >= 4 is 32.6 Å². The summed E-state index contributed by atoms with van der Waals surface area (Å²) in [4.78, 5) is 0.420. The van der Waals surface area contributed by atoms with Crippen LogP contribution in [0.5, 0.6) is 0 Å². The molecule has 0 N–H and O–H groups in total. The molecule has 0 saturated carbocycles. The van der Waals surface area contributed by atoms with Gasteiger partial charge in [0.1, 0.15) is 0 Å². The van der Waals surface area contributed by atoms with E-state index in [1.165, 1.54) is 0 Å². The minimum Gasteiger partial charge on any atom is -0.207 e. The summed E-state index contributed by atoms with van der Waals surface area (Å²) >= 11 is 2.18. The lowest BCUT2D eigenvalue weighted by molar-refractivity contribution is 0.246. The Morgan fingerprint density at radius 2 is 1.94 bits per heavy atom. The first kappa shape index (κ1) is 14.3. The number of halogens is 1. The topological polar surface area (TPSA) is 37.4 Å². The van der Waals surface area contributed by atoms with Gasteiger partial charge in [0.2, 0.25) is 10.0 Å². The molecule has 0 aliphatic carbocycles. The standard InChI is InChI=1S/C13H18INO2S/c1-2-12-5-3-4-10-15(12)18(16,17)13-8-6-11(14)7-9-13/h6-9,12H,2-5,10H2,1H3/t12-/m1/s1. The summed E-state index contributed by atoms with van der Waals surface area (Å²) in [6.45, 7) is 2.72. The number of rotatable bonds is 3. The Bertz CT molecular complexity index is 498. The van der Waals surface area contributed by atoms with Crippen LogP contribution in [0.3, 0.4) is 0 Å². The number of hydrogen-bond acceptors (Lipinski definition) is 2. The van der Waals surface area contributed by atoms with E-state index in [1.54, 1.807) is 16.4 Å². The van der Waals surface area contributed by atoms with Crippen LogP contribution in [0.15, 0.2) is 29.2 Å². The van der Waals surface area contributed by atoms with Gasteiger partial charge in [-0.25, -0.2) is 8.42 Å². The van der Waals surface area contributed by atoms with Crippen LogP contribution in [-0.2, 0) is 10.0 Å². The van der Waals surface area contributed by atoms with Crippen LogP contribution >= 0.6 is 22.6 Å². The average molecular weight is 379 g/mol. The highest BCUT2D eigenvalue weighted by Crippen LogP contribution is 2.27. The summed E-state index contributed by atoms with van der Waals surface area (Å²) in [6, 6.07) is 7.27. The fraction of sp³-hybridized carbons (Fsp3) is 0.538. The van der Waals surface area contributed by atoms with Crippen LogP contribution in [0.4, 0.5) is 0 Å². The third kappa shape index (κ3) is 2.88. The molecule has 1 atom stereocenters. The Hall–Kier alpha value is -0.140. The normalized spacial score (nSPS) is 22.0. The number of nitrogens with zero attached hydrogens (tertiary/aromatic N) is 1. The summed E-state index contributed by atoms with van der Waals surface area (Å²) in [5.74, 6) is 0. The molecule has 2 rings (SSSR count). The van der Waals surface area contributed by atoms with E-state index in [4.69, 9.17) is 0 Å². The molecule has 0 amide bonds. The van der Waals surface area contributed by atoms with Gasteiger partial charge in [0.15, 0.2) is 0 Å². The molecule has 1 aromatic rings. The van der Waals surface area contributed by atoms with Crippen LogP contribution in [-0.4, -0.2) is 25.3 Å². The van der Waals surface area contributed by atoms with Gasteiger partial charge in [-0.2, -0.15) is 4.31 Å². The minimum atomic E-state index is -3.31. The quantitative estimate of drug-likeness (QED) is 0.757. The Balaban J connectivity index is 2.32. The molecule has 1 fully saturated rings. The Kier molecular flexibility index (Phi) is 4.66. The molecule has 5 heteroatoms. The highest BCUT2D eigenvalue weighted by molar-refractivity contribution is 14.1. The van der Waals surface area contributed by atoms with E-state index in [0.29, 0.717) is 11.4 Å². The maximum absolute atomic E-state index is 12.6. The van der Waals surface area contributed by atoms with Crippen molar-refractivity contribution in [3.63, 3.8) is 0 Å². The molecule has 3 nitrogen and oxygen atoms in total. The highest BCUT2D eigenvalue weighted by Gasteiger charge is 2.32. The van der Waals surface area contributed by atoms with Gasteiger partial charge in [0.05, 0.1) is 4.90 Å². The Morgan fingerprint density at radius 3 is 2.56 bits per heavy atom. The molecule has 1 aliphatic heterocycles. The van der Waals surface area contributed by atoms with Gasteiger partial charge in [-0.3, -0.25) is 0 Å². The monoisotopic (exact) mass is 379 g/mol. The summed E-state index contributed by atoms with van der Waals surface area (Å²) in [7, 11) is -3.31. The van der Waals surface area contributed by atoms with E-state index >= 15 is 0 Å². The van der Waals surface area contributed by atoms with Gasteiger partial charge in [-0.15, -0.1) is 0 Å². The number of benzene rings is 1. The maximum atomic E-state index is 12.6. The molecule has 1 aromatic carbocycles. The lowest BCUT2D eigenvalue weighted by atomic mass is 10.0. The van der Waals surface area contributed by atoms with Crippen LogP contribution in [0.1, 0.15) is 32.6 Å². The summed E-state index contributed by atoms with van der Waals surface area (Å²) in [5.41, 5.74) is 0. The first-order chi connectivity index (χ1) is 8.55. The van der Waals surface area contributed by atoms with Crippen LogP contribution in [0.2, 0.25) is 0 Å². The second kappa shape index (κ2) is 5.88. The number of hydrogen-bond donors (Lipinski definition) is 0. The van der Waals surface area contributed by atoms with Crippen molar-refractivity contribution < 1.29 is 8.42 Å². The van der Waals surface area contributed by atoms with Crippen molar-refractivity contribution in [3.8, 4) is 0 Å². The molecule has 0 radical (unpaired) electrons. The van der Waals surface area contributed by atoms with E-state index < -0.39 is 10.0 Å². The van der Waals surface area contributed by atoms with Gasteiger partial charge < -0.3 is 0 Å². The smallest absolute Gasteiger partial charge is 0.207 e. The van der Waals surface area contributed by atoms with E-state index in [-0.39, 0.29) is 6.04 Å². The lowest BCUT2D eigenvalue weighted by Crippen LogP contribution is -2.43. The van der Waals surface area contributed by atoms with Crippen molar-refractivity contribution in [3.05, 3.63) is 27.8 Å². The molecule has 0 aromatic heterocycles. The van der Waals surface area contributed by atoms with Gasteiger partial charge in [0.25, 0.3) is 0 Å². The molecule has 1 aliphatic rings. The Morgan fingerprint density at radius 1 is 1.28 bits per heavy atom. The van der Waals surface area contributed by atoms with E-state index in [9.17, 15) is 8.42 Å². The average Bonchev–Trinajstić information content (AvgIpc) is 2.39. The second-order valence-corrected chi connectivity index (χ2v) is 7.76. The van der Waals surface area contributed by atoms with Crippen LogP contribution in [0, 0.1) is 3.57 Å². The third-order valence-electron chi connectivity index (χ3n) is 3.46. The van der Waals surface area contributed by atoms with Gasteiger partial charge in [-0.1, -0.05) is 13.3 Å². The zero-order valence-corrected chi connectivity index (χ0v) is 13.4. The fourth-order valence-corrected chi connectivity index (χ4v) is 4.57. The van der Waals surface area contributed by atoms with Crippen molar-refractivity contribution in [2.45, 2.75) is 43.5 Å². The lowest BCUT2D eigenvalue weighted by Gasteiger charge is -2.34. The van der Waals surface area contributed by atoms with E-state index in [2.05, 4.69) is 29.5 Å². The molecule has 1 saturated heterocycles. The van der Waals surface area contributed by atoms with Crippen LogP contribution in [0.25, 0.3) is 0 Å². The molecule has 1 heterocycles. The highest BCUT2D eigenvalue weighted by atomic mass is 127. The minimum absolute atomic E-state index is 0.169. The van der Waals surface area contributed by atoms with Gasteiger partial charge in [0, 0.05) is 16.2 Å². The molecule has 0 bridgehead atoms. The molecule has 0 unspecified atom stereocenters. The zero-order valence-electron chi connectivity index (χ0n) is 10.5. The van der Waals surface area contributed by atoms with Crippen molar-refractivity contribution in [1.29, 1.82) is 0 Å². The molecule has 0 spiro atoms. The van der Waals surface area contributed by atoms with Crippen molar-refractivity contribution in [2.24, 2.45) is 0 Å². The van der Waals surface area contributed by atoms with Crippen molar-refractivity contribution in [2.75, 3.05) is 6.54 Å². The molecule has 100 valence electrons.